The van der Waals surface area contributed by atoms with E-state index in [-0.39, 0.29) is 18.6 Å². The standard InChI is InChI=1S/C9H13N3O3/c1-8(13)15-6-4-11-9(14)12-5-2-3-10-7-12/h2-3,7H,4-6H2,1H3,(H,11,14). The minimum absolute atomic E-state index is 0.182. The first-order valence-electron chi connectivity index (χ1n) is 4.56. The Hall–Kier alpha value is -1.85. The van der Waals surface area contributed by atoms with E-state index in [0.717, 1.165) is 0 Å². The van der Waals surface area contributed by atoms with Gasteiger partial charge in [-0.2, -0.15) is 0 Å². The van der Waals surface area contributed by atoms with E-state index in [2.05, 4.69) is 15.0 Å². The van der Waals surface area contributed by atoms with Gasteiger partial charge in [-0.15, -0.1) is 0 Å². The third-order valence-corrected chi connectivity index (χ3v) is 1.64. The van der Waals surface area contributed by atoms with Crippen LogP contribution in [-0.2, 0) is 9.53 Å². The summed E-state index contributed by atoms with van der Waals surface area (Å²) < 4.78 is 4.66. The maximum atomic E-state index is 11.4. The fraction of sp³-hybridized carbons (Fsp3) is 0.444. The van der Waals surface area contributed by atoms with Crippen LogP contribution in [0.25, 0.3) is 0 Å². The van der Waals surface area contributed by atoms with Crippen molar-refractivity contribution >= 4 is 18.3 Å². The van der Waals surface area contributed by atoms with Gasteiger partial charge in [0.05, 0.1) is 12.9 Å². The second-order valence-corrected chi connectivity index (χ2v) is 2.87. The number of hydrogen-bond donors (Lipinski definition) is 1. The molecule has 0 radical (unpaired) electrons. The summed E-state index contributed by atoms with van der Waals surface area (Å²) in [5.41, 5.74) is 0. The smallest absolute Gasteiger partial charge is 0.323 e. The van der Waals surface area contributed by atoms with Crippen LogP contribution in [0, 0.1) is 0 Å². The molecule has 1 aliphatic heterocycles. The Morgan fingerprint density at radius 1 is 1.60 bits per heavy atom. The number of esters is 1. The van der Waals surface area contributed by atoms with E-state index in [4.69, 9.17) is 0 Å². The van der Waals surface area contributed by atoms with Gasteiger partial charge in [-0.1, -0.05) is 0 Å². The molecule has 0 aromatic rings. The first kappa shape index (κ1) is 11.2. The van der Waals surface area contributed by atoms with E-state index < -0.39 is 0 Å². The van der Waals surface area contributed by atoms with Crippen molar-refractivity contribution in [2.24, 2.45) is 4.99 Å². The SMILES string of the molecule is CC(=O)OCCNC(=O)N1C=NC=CC1. The van der Waals surface area contributed by atoms with Crippen molar-refractivity contribution in [2.45, 2.75) is 6.92 Å². The number of nitrogens with zero attached hydrogens (tertiary/aromatic N) is 2. The summed E-state index contributed by atoms with van der Waals surface area (Å²) in [5.74, 6) is -0.355. The molecule has 1 rings (SSSR count). The molecule has 0 saturated carbocycles. The number of ether oxygens (including phenoxy) is 1. The summed E-state index contributed by atoms with van der Waals surface area (Å²) in [7, 11) is 0. The lowest BCUT2D eigenvalue weighted by Gasteiger charge is -2.17. The summed E-state index contributed by atoms with van der Waals surface area (Å²) in [6.45, 7) is 2.31. The van der Waals surface area contributed by atoms with Crippen molar-refractivity contribution in [1.29, 1.82) is 0 Å². The molecule has 0 spiro atoms. The average molecular weight is 211 g/mol. The van der Waals surface area contributed by atoms with Gasteiger partial charge in [-0.05, 0) is 6.08 Å². The second-order valence-electron chi connectivity index (χ2n) is 2.87. The first-order valence-corrected chi connectivity index (χ1v) is 4.56. The number of carbonyl (C=O) groups excluding carboxylic acids is 2. The van der Waals surface area contributed by atoms with Crippen LogP contribution in [0.5, 0.6) is 0 Å². The molecule has 0 aromatic heterocycles. The van der Waals surface area contributed by atoms with Crippen LogP contribution in [0.15, 0.2) is 17.3 Å². The Kier molecular flexibility index (Phi) is 4.33. The van der Waals surface area contributed by atoms with E-state index in [1.807, 2.05) is 0 Å². The number of amides is 2. The van der Waals surface area contributed by atoms with Gasteiger partial charge >= 0.3 is 12.0 Å². The monoisotopic (exact) mass is 211 g/mol. The predicted molar refractivity (Wildman–Crippen MR) is 54.4 cm³/mol. The Morgan fingerprint density at radius 2 is 2.40 bits per heavy atom. The van der Waals surface area contributed by atoms with Crippen LogP contribution in [0.1, 0.15) is 6.92 Å². The molecule has 82 valence electrons. The summed E-state index contributed by atoms with van der Waals surface area (Å²) in [4.78, 5) is 27.0. The molecule has 1 heterocycles. The normalized spacial score (nSPS) is 13.8. The summed E-state index contributed by atoms with van der Waals surface area (Å²) in [6.07, 6.45) is 4.84. The minimum Gasteiger partial charge on any atom is -0.464 e. The number of aliphatic imine (C=N–C) groups is 1. The van der Waals surface area contributed by atoms with Gasteiger partial charge in [0.25, 0.3) is 0 Å². The lowest BCUT2D eigenvalue weighted by molar-refractivity contribution is -0.140. The molecular weight excluding hydrogens is 198 g/mol. The molecular formula is C9H13N3O3. The molecule has 0 saturated heterocycles. The highest BCUT2D eigenvalue weighted by Gasteiger charge is 2.10. The zero-order chi connectivity index (χ0) is 11.1. The minimum atomic E-state index is -0.355. The summed E-state index contributed by atoms with van der Waals surface area (Å²) in [5, 5.41) is 2.59. The molecule has 1 N–H and O–H groups in total. The quantitative estimate of drug-likeness (QED) is 0.532. The Morgan fingerprint density at radius 3 is 3.00 bits per heavy atom. The molecule has 6 nitrogen and oxygen atoms in total. The zero-order valence-corrected chi connectivity index (χ0v) is 8.47. The Labute approximate surface area is 87.6 Å². The number of hydrogen-bond acceptors (Lipinski definition) is 4. The molecule has 15 heavy (non-hydrogen) atoms. The number of rotatable bonds is 3. The van der Waals surface area contributed by atoms with Gasteiger partial charge < -0.3 is 10.1 Å². The van der Waals surface area contributed by atoms with Crippen molar-refractivity contribution in [3.05, 3.63) is 12.3 Å². The largest absolute Gasteiger partial charge is 0.464 e. The Bertz CT molecular complexity index is 299. The molecule has 0 aromatic carbocycles. The first-order chi connectivity index (χ1) is 7.20. The molecule has 0 fully saturated rings. The number of carbonyl (C=O) groups is 2. The third-order valence-electron chi connectivity index (χ3n) is 1.64. The number of urea groups is 1. The summed E-state index contributed by atoms with van der Waals surface area (Å²) >= 11 is 0. The van der Waals surface area contributed by atoms with Crippen molar-refractivity contribution in [3.8, 4) is 0 Å². The highest BCUT2D eigenvalue weighted by molar-refractivity contribution is 5.87. The fourth-order valence-electron chi connectivity index (χ4n) is 0.977. The van der Waals surface area contributed by atoms with E-state index >= 15 is 0 Å². The van der Waals surface area contributed by atoms with Crippen LogP contribution in [-0.4, -0.2) is 42.9 Å². The Balaban J connectivity index is 2.16. The van der Waals surface area contributed by atoms with Crippen LogP contribution in [0.4, 0.5) is 4.79 Å². The average Bonchev–Trinajstić information content (AvgIpc) is 2.25. The van der Waals surface area contributed by atoms with Gasteiger partial charge in [-0.25, -0.2) is 9.79 Å². The van der Waals surface area contributed by atoms with E-state index in [1.165, 1.54) is 18.2 Å². The third kappa shape index (κ3) is 4.26. The van der Waals surface area contributed by atoms with Crippen molar-refractivity contribution in [3.63, 3.8) is 0 Å². The topological polar surface area (TPSA) is 71.0 Å². The summed E-state index contributed by atoms with van der Waals surface area (Å²) in [6, 6.07) is -0.254. The molecule has 0 atom stereocenters. The number of nitrogens with one attached hydrogen (secondary N) is 1. The van der Waals surface area contributed by atoms with Gasteiger partial charge in [0.15, 0.2) is 0 Å². The molecule has 2 amide bonds. The van der Waals surface area contributed by atoms with Crippen LogP contribution >= 0.6 is 0 Å². The van der Waals surface area contributed by atoms with Gasteiger partial charge in [0.1, 0.15) is 6.61 Å². The van der Waals surface area contributed by atoms with E-state index in [1.54, 1.807) is 12.3 Å². The molecule has 0 aliphatic carbocycles. The lowest BCUT2D eigenvalue weighted by atomic mass is 10.5. The van der Waals surface area contributed by atoms with Crippen molar-refractivity contribution < 1.29 is 14.3 Å². The van der Waals surface area contributed by atoms with Crippen LogP contribution in [0.2, 0.25) is 0 Å². The van der Waals surface area contributed by atoms with E-state index in [0.29, 0.717) is 13.1 Å². The lowest BCUT2D eigenvalue weighted by Crippen LogP contribution is -2.41. The molecule has 1 aliphatic rings. The zero-order valence-electron chi connectivity index (χ0n) is 8.47. The second kappa shape index (κ2) is 5.79. The van der Waals surface area contributed by atoms with Gasteiger partial charge in [0, 0.05) is 19.7 Å². The fourth-order valence-corrected chi connectivity index (χ4v) is 0.977. The van der Waals surface area contributed by atoms with Crippen LogP contribution in [0.3, 0.4) is 0 Å². The maximum absolute atomic E-state index is 11.4. The van der Waals surface area contributed by atoms with Crippen LogP contribution < -0.4 is 5.32 Å². The van der Waals surface area contributed by atoms with Crippen molar-refractivity contribution in [2.75, 3.05) is 19.7 Å². The van der Waals surface area contributed by atoms with E-state index in [9.17, 15) is 9.59 Å². The molecule has 0 bridgehead atoms. The van der Waals surface area contributed by atoms with Crippen molar-refractivity contribution in [1.82, 2.24) is 10.2 Å². The highest BCUT2D eigenvalue weighted by Crippen LogP contribution is 1.93. The molecule has 6 heteroatoms. The predicted octanol–water partition coefficient (Wildman–Crippen LogP) is 0.117. The maximum Gasteiger partial charge on any atom is 0.323 e. The highest BCUT2D eigenvalue weighted by atomic mass is 16.5. The van der Waals surface area contributed by atoms with Gasteiger partial charge in [0.2, 0.25) is 0 Å². The molecule has 0 unspecified atom stereocenters. The van der Waals surface area contributed by atoms with Gasteiger partial charge in [-0.3, -0.25) is 9.69 Å².